The van der Waals surface area contributed by atoms with Crippen molar-refractivity contribution in [2.45, 2.75) is 263 Å². The minimum absolute atomic E-state index is 0.0701. The van der Waals surface area contributed by atoms with Crippen molar-refractivity contribution in [1.29, 1.82) is 0 Å². The van der Waals surface area contributed by atoms with Crippen LogP contribution in [0.4, 0.5) is 0 Å². The first-order chi connectivity index (χ1) is 37.6. The maximum absolute atomic E-state index is 13.2. The van der Waals surface area contributed by atoms with Gasteiger partial charge in [0.2, 0.25) is 0 Å². The number of carboxylic acids is 1. The van der Waals surface area contributed by atoms with E-state index in [0.29, 0.717) is 32.1 Å². The molecular weight excluding hydrogens is 973 g/mol. The highest BCUT2D eigenvalue weighted by atomic mass is 16.7. The molecule has 1 fully saturated rings. The zero-order valence-corrected chi connectivity index (χ0v) is 47.9. The SMILES string of the molecule is CC/C=C\C/C=C\C/C=C\C/C=C\C/C=C\CCCC(=O)OCC(COC1OC(C(=O)O)C(O)C(O)C1OC(=O)CC/C=C\C/C=C\C/C=C\C/C=C\CC)OC(=O)CCCCCCCCCCCCCCCCCCC. The van der Waals surface area contributed by atoms with Crippen molar-refractivity contribution in [1.82, 2.24) is 0 Å². The lowest BCUT2D eigenvalue weighted by molar-refractivity contribution is -0.301. The number of aliphatic carboxylic acids is 1. The number of esters is 3. The summed E-state index contributed by atoms with van der Waals surface area (Å²) < 4.78 is 28.3. The minimum atomic E-state index is -1.94. The van der Waals surface area contributed by atoms with E-state index in [2.05, 4.69) is 106 Å². The molecule has 1 rings (SSSR count). The minimum Gasteiger partial charge on any atom is -0.479 e. The van der Waals surface area contributed by atoms with E-state index < -0.39 is 67.3 Å². The quantitative estimate of drug-likeness (QED) is 0.0228. The summed E-state index contributed by atoms with van der Waals surface area (Å²) in [6.45, 7) is 5.68. The van der Waals surface area contributed by atoms with Gasteiger partial charge in [0.1, 0.15) is 18.8 Å². The first-order valence-corrected chi connectivity index (χ1v) is 29.9. The van der Waals surface area contributed by atoms with E-state index in [1.807, 2.05) is 24.3 Å². The van der Waals surface area contributed by atoms with Crippen LogP contribution in [0.25, 0.3) is 0 Å². The highest BCUT2D eigenvalue weighted by Crippen LogP contribution is 2.26. The van der Waals surface area contributed by atoms with Crippen molar-refractivity contribution < 1.29 is 58.2 Å². The van der Waals surface area contributed by atoms with Crippen molar-refractivity contribution in [3.63, 3.8) is 0 Å². The lowest BCUT2D eigenvalue weighted by atomic mass is 9.98. The standard InChI is InChI=1S/C65H104O12/c1-4-7-10-13-16-19-22-25-27-29-31-34-36-39-42-45-48-51-57(66)73-54-56(75-58(67)52-49-46-43-40-38-35-32-30-28-26-23-20-17-14-11-8-5-2)55-74-65-63(61(70)60(69)62(77-65)64(71)72)76-59(68)53-50-47-44-41-37-33-24-21-18-15-12-9-6-3/h7,9-10,12,16,18-19,21,25,27,31,33-34,37,39,42,44,47,56,60-63,65,69-70H,4-6,8,11,13-15,17,20,22-24,26,28-30,32,35-36,38,40-41,43,45-46,48-55H2,1-3H3,(H,71,72)/b10-7-,12-9-,19-16-,21-18-,27-25-,34-31-,37-33-,42-39-,47-44-. The second kappa shape index (κ2) is 52.1. The molecule has 0 bridgehead atoms. The van der Waals surface area contributed by atoms with Gasteiger partial charge in [-0.1, -0.05) is 233 Å². The Bertz CT molecular complexity index is 1750. The molecule has 12 heteroatoms. The molecule has 0 spiro atoms. The lowest BCUT2D eigenvalue weighted by Crippen LogP contribution is -2.61. The van der Waals surface area contributed by atoms with Crippen LogP contribution in [0.2, 0.25) is 0 Å². The van der Waals surface area contributed by atoms with Gasteiger partial charge in [-0.3, -0.25) is 14.4 Å². The van der Waals surface area contributed by atoms with Crippen LogP contribution in [0.1, 0.15) is 226 Å². The number of hydrogen-bond donors (Lipinski definition) is 3. The number of ether oxygens (including phenoxy) is 5. The predicted molar refractivity (Wildman–Crippen MR) is 312 cm³/mol. The fourth-order valence-corrected chi connectivity index (χ4v) is 8.36. The van der Waals surface area contributed by atoms with E-state index in [0.717, 1.165) is 70.6 Å². The van der Waals surface area contributed by atoms with Gasteiger partial charge in [0, 0.05) is 19.3 Å². The number of unbranched alkanes of at least 4 members (excludes halogenated alkanes) is 17. The second-order valence-electron chi connectivity index (χ2n) is 19.9. The van der Waals surface area contributed by atoms with Crippen LogP contribution < -0.4 is 0 Å². The predicted octanol–water partition coefficient (Wildman–Crippen LogP) is 15.4. The van der Waals surface area contributed by atoms with Gasteiger partial charge in [-0.15, -0.1) is 0 Å². The topological polar surface area (TPSA) is 175 Å². The Kier molecular flexibility index (Phi) is 47.6. The summed E-state index contributed by atoms with van der Waals surface area (Å²) in [4.78, 5) is 51.1. The van der Waals surface area contributed by atoms with Gasteiger partial charge in [-0.25, -0.2) is 4.79 Å². The maximum atomic E-state index is 13.2. The van der Waals surface area contributed by atoms with Crippen molar-refractivity contribution in [2.24, 2.45) is 0 Å². The summed E-state index contributed by atoms with van der Waals surface area (Å²) in [5, 5.41) is 31.4. The van der Waals surface area contributed by atoms with Crippen LogP contribution in [-0.2, 0) is 42.9 Å². The van der Waals surface area contributed by atoms with Gasteiger partial charge >= 0.3 is 23.9 Å². The first kappa shape index (κ1) is 70.4. The molecule has 77 heavy (non-hydrogen) atoms. The van der Waals surface area contributed by atoms with Crippen LogP contribution in [0.5, 0.6) is 0 Å². The molecule has 0 aromatic heterocycles. The van der Waals surface area contributed by atoms with E-state index in [4.69, 9.17) is 23.7 Å². The Labute approximate surface area is 465 Å². The van der Waals surface area contributed by atoms with E-state index >= 15 is 0 Å². The molecule has 0 amide bonds. The summed E-state index contributed by atoms with van der Waals surface area (Å²) in [7, 11) is 0. The normalized spacial score (nSPS) is 18.8. The van der Waals surface area contributed by atoms with Crippen LogP contribution >= 0.6 is 0 Å². The van der Waals surface area contributed by atoms with Crippen molar-refractivity contribution in [3.05, 3.63) is 109 Å². The molecule has 0 radical (unpaired) electrons. The number of carbonyl (C=O) groups excluding carboxylic acids is 3. The first-order valence-electron chi connectivity index (χ1n) is 29.9. The van der Waals surface area contributed by atoms with Crippen LogP contribution in [-0.4, -0.2) is 89.2 Å². The molecule has 1 aliphatic rings. The van der Waals surface area contributed by atoms with E-state index in [1.165, 1.54) is 83.5 Å². The zero-order valence-electron chi connectivity index (χ0n) is 47.9. The van der Waals surface area contributed by atoms with Crippen LogP contribution in [0, 0.1) is 0 Å². The number of aliphatic hydroxyl groups excluding tert-OH is 2. The summed E-state index contributed by atoms with van der Waals surface area (Å²) in [6, 6.07) is 0. The third kappa shape index (κ3) is 42.1. The Balaban J connectivity index is 2.76. The Morgan fingerprint density at radius 3 is 1.29 bits per heavy atom. The maximum Gasteiger partial charge on any atom is 0.335 e. The third-order valence-corrected chi connectivity index (χ3v) is 12.9. The Hall–Kier alpha value is -4.62. The molecule has 1 heterocycles. The number of rotatable bonds is 49. The molecule has 3 N–H and O–H groups in total. The largest absolute Gasteiger partial charge is 0.479 e. The number of allylic oxidation sites excluding steroid dienone is 18. The number of aliphatic hydroxyl groups is 2. The molecule has 436 valence electrons. The van der Waals surface area contributed by atoms with Gasteiger partial charge in [0.05, 0.1) is 6.61 Å². The average molecular weight is 1080 g/mol. The van der Waals surface area contributed by atoms with Crippen LogP contribution in [0.15, 0.2) is 109 Å². The molecule has 0 aromatic rings. The molecule has 0 aromatic carbocycles. The second-order valence-corrected chi connectivity index (χ2v) is 19.9. The molecule has 1 aliphatic heterocycles. The number of carbonyl (C=O) groups is 4. The van der Waals surface area contributed by atoms with Crippen molar-refractivity contribution >= 4 is 23.9 Å². The smallest absolute Gasteiger partial charge is 0.335 e. The summed E-state index contributed by atoms with van der Waals surface area (Å²) in [5.41, 5.74) is 0. The zero-order chi connectivity index (χ0) is 56.1. The van der Waals surface area contributed by atoms with E-state index in [-0.39, 0.29) is 25.9 Å². The monoisotopic (exact) mass is 1080 g/mol. The Morgan fingerprint density at radius 2 is 0.844 bits per heavy atom. The average Bonchev–Trinajstić information content (AvgIpc) is 3.42. The fraction of sp³-hybridized carbons (Fsp3) is 0.662. The lowest BCUT2D eigenvalue weighted by Gasteiger charge is -2.40. The summed E-state index contributed by atoms with van der Waals surface area (Å²) in [5.74, 6) is -3.31. The van der Waals surface area contributed by atoms with Crippen molar-refractivity contribution in [2.75, 3.05) is 13.2 Å². The molecule has 6 unspecified atom stereocenters. The molecule has 6 atom stereocenters. The highest BCUT2D eigenvalue weighted by Gasteiger charge is 2.50. The highest BCUT2D eigenvalue weighted by molar-refractivity contribution is 5.74. The van der Waals surface area contributed by atoms with Gasteiger partial charge in [0.25, 0.3) is 0 Å². The van der Waals surface area contributed by atoms with Gasteiger partial charge in [-0.2, -0.15) is 0 Å². The molecule has 0 saturated carbocycles. The third-order valence-electron chi connectivity index (χ3n) is 12.9. The number of carboxylic acid groups (broad SMARTS) is 1. The van der Waals surface area contributed by atoms with Crippen LogP contribution in [0.3, 0.4) is 0 Å². The molecule has 0 aliphatic carbocycles. The molecule has 12 nitrogen and oxygen atoms in total. The van der Waals surface area contributed by atoms with E-state index in [1.54, 1.807) is 0 Å². The van der Waals surface area contributed by atoms with Gasteiger partial charge in [-0.05, 0) is 83.5 Å². The van der Waals surface area contributed by atoms with E-state index in [9.17, 15) is 34.5 Å². The molecule has 1 saturated heterocycles. The van der Waals surface area contributed by atoms with Crippen molar-refractivity contribution in [3.8, 4) is 0 Å². The summed E-state index contributed by atoms with van der Waals surface area (Å²) >= 11 is 0. The fourth-order valence-electron chi connectivity index (χ4n) is 8.36. The Morgan fingerprint density at radius 1 is 0.442 bits per heavy atom. The summed E-state index contributed by atoms with van der Waals surface area (Å²) in [6.07, 6.45) is 58.0. The number of hydrogen-bond acceptors (Lipinski definition) is 11. The molecular formula is C65H104O12. The van der Waals surface area contributed by atoms with Gasteiger partial charge < -0.3 is 39.0 Å². The van der Waals surface area contributed by atoms with Gasteiger partial charge in [0.15, 0.2) is 24.6 Å².